The van der Waals surface area contributed by atoms with E-state index in [1.807, 2.05) is 0 Å². The smallest absolute Gasteiger partial charge is 0.306 e. The lowest BCUT2D eigenvalue weighted by atomic mass is 10.3. The third-order valence-electron chi connectivity index (χ3n) is 2.11. The number of methoxy groups -OCH3 is 1. The summed E-state index contributed by atoms with van der Waals surface area (Å²) in [5.41, 5.74) is 5.65. The number of carbonyl (C=O) groups excluding carboxylic acids is 1. The molecule has 0 spiro atoms. The van der Waals surface area contributed by atoms with E-state index in [2.05, 4.69) is 9.46 Å². The van der Waals surface area contributed by atoms with E-state index in [1.54, 1.807) is 0 Å². The van der Waals surface area contributed by atoms with Crippen LogP contribution < -0.4 is 10.5 Å². The van der Waals surface area contributed by atoms with E-state index in [-0.39, 0.29) is 28.6 Å². The Morgan fingerprint density at radius 1 is 1.50 bits per heavy atom. The molecule has 0 bridgehead atoms. The molecule has 1 aromatic carbocycles. The number of nitrogens with two attached hydrogens (primary N) is 1. The van der Waals surface area contributed by atoms with Crippen molar-refractivity contribution in [3.63, 3.8) is 0 Å². The van der Waals surface area contributed by atoms with Gasteiger partial charge in [-0.05, 0) is 18.2 Å². The Morgan fingerprint density at radius 2 is 2.17 bits per heavy atom. The van der Waals surface area contributed by atoms with Gasteiger partial charge in [0.05, 0.1) is 19.2 Å². The number of esters is 1. The second-order valence-electron chi connectivity index (χ2n) is 3.41. The topological polar surface area (TPSA) is 98.5 Å². The van der Waals surface area contributed by atoms with Crippen molar-refractivity contribution in [1.29, 1.82) is 0 Å². The van der Waals surface area contributed by atoms with Crippen LogP contribution in [0.3, 0.4) is 0 Å². The fourth-order valence-electron chi connectivity index (χ4n) is 1.21. The number of rotatable bonds is 5. The second-order valence-corrected chi connectivity index (χ2v) is 5.58. The number of benzene rings is 1. The lowest BCUT2D eigenvalue weighted by Crippen LogP contribution is -2.27. The van der Waals surface area contributed by atoms with Gasteiger partial charge in [-0.1, -0.05) is 11.6 Å². The summed E-state index contributed by atoms with van der Waals surface area (Å²) in [7, 11) is -2.56. The van der Waals surface area contributed by atoms with E-state index in [0.717, 1.165) is 0 Å². The number of anilines is 1. The second kappa shape index (κ2) is 6.03. The molecule has 0 radical (unpaired) electrons. The molecule has 0 heterocycles. The average molecular weight is 293 g/mol. The summed E-state index contributed by atoms with van der Waals surface area (Å²) in [6.07, 6.45) is -0.0593. The Balaban J connectivity index is 2.80. The predicted octanol–water partition coefficient (Wildman–Crippen LogP) is 0.764. The molecule has 0 aromatic heterocycles. The standard InChI is InChI=1S/C10H13ClN2O4S/c1-17-10(14)4-5-13-18(15,16)9-6-7(11)2-3-8(9)12/h2-3,6,13H,4-5,12H2,1H3. The van der Waals surface area contributed by atoms with Crippen molar-refractivity contribution in [2.75, 3.05) is 19.4 Å². The van der Waals surface area contributed by atoms with Crippen molar-refractivity contribution in [2.24, 2.45) is 0 Å². The summed E-state index contributed by atoms with van der Waals surface area (Å²) in [6, 6.07) is 4.14. The van der Waals surface area contributed by atoms with Gasteiger partial charge in [0.15, 0.2) is 0 Å². The van der Waals surface area contributed by atoms with E-state index in [4.69, 9.17) is 17.3 Å². The monoisotopic (exact) mass is 292 g/mol. The van der Waals surface area contributed by atoms with Crippen LogP contribution in [0.1, 0.15) is 6.42 Å². The third-order valence-corrected chi connectivity index (χ3v) is 3.87. The molecule has 3 N–H and O–H groups in total. The Labute approximate surface area is 110 Å². The molecule has 6 nitrogen and oxygen atoms in total. The first-order chi connectivity index (χ1) is 8.36. The fraction of sp³-hybridized carbons (Fsp3) is 0.300. The lowest BCUT2D eigenvalue weighted by molar-refractivity contribution is -0.140. The van der Waals surface area contributed by atoms with Gasteiger partial charge in [0, 0.05) is 11.6 Å². The molecule has 0 unspecified atom stereocenters. The van der Waals surface area contributed by atoms with Crippen LogP contribution in [0, 0.1) is 0 Å². The maximum atomic E-state index is 11.9. The van der Waals surface area contributed by atoms with Crippen molar-refractivity contribution in [1.82, 2.24) is 4.72 Å². The molecule has 0 aliphatic heterocycles. The zero-order chi connectivity index (χ0) is 13.8. The number of nitrogen functional groups attached to an aromatic ring is 1. The van der Waals surface area contributed by atoms with Crippen LogP contribution in [-0.4, -0.2) is 28.0 Å². The van der Waals surface area contributed by atoms with Crippen molar-refractivity contribution in [2.45, 2.75) is 11.3 Å². The lowest BCUT2D eigenvalue weighted by Gasteiger charge is -2.08. The molecule has 18 heavy (non-hydrogen) atoms. The van der Waals surface area contributed by atoms with Crippen molar-refractivity contribution in [3.05, 3.63) is 23.2 Å². The maximum absolute atomic E-state index is 11.9. The Bertz CT molecular complexity index is 545. The predicted molar refractivity (Wildman–Crippen MR) is 67.7 cm³/mol. The minimum Gasteiger partial charge on any atom is -0.469 e. The Kier molecular flexibility index (Phi) is 4.94. The van der Waals surface area contributed by atoms with Crippen LogP contribution in [-0.2, 0) is 19.6 Å². The first-order valence-electron chi connectivity index (χ1n) is 4.98. The molecule has 0 amide bonds. The molecule has 0 saturated heterocycles. The van der Waals surface area contributed by atoms with Crippen molar-refractivity contribution >= 4 is 33.3 Å². The van der Waals surface area contributed by atoms with Crippen LogP contribution >= 0.6 is 11.6 Å². The van der Waals surface area contributed by atoms with Gasteiger partial charge in [0.2, 0.25) is 10.0 Å². The molecule has 0 saturated carbocycles. The number of halogens is 1. The summed E-state index contributed by atoms with van der Waals surface area (Å²) in [5.74, 6) is -0.503. The minimum absolute atomic E-state index is 0.0593. The van der Waals surface area contributed by atoms with Crippen LogP contribution in [0.15, 0.2) is 23.1 Å². The van der Waals surface area contributed by atoms with Crippen LogP contribution in [0.2, 0.25) is 5.02 Å². The van der Waals surface area contributed by atoms with Gasteiger partial charge in [-0.2, -0.15) is 0 Å². The highest BCUT2D eigenvalue weighted by atomic mass is 35.5. The van der Waals surface area contributed by atoms with E-state index >= 15 is 0 Å². The van der Waals surface area contributed by atoms with Gasteiger partial charge in [0.1, 0.15) is 4.90 Å². The van der Waals surface area contributed by atoms with Gasteiger partial charge in [-0.3, -0.25) is 4.79 Å². The normalized spacial score (nSPS) is 11.2. The summed E-state index contributed by atoms with van der Waals surface area (Å²) < 4.78 is 30.4. The van der Waals surface area contributed by atoms with Gasteiger partial charge in [-0.25, -0.2) is 13.1 Å². The first-order valence-corrected chi connectivity index (χ1v) is 6.84. The van der Waals surface area contributed by atoms with E-state index < -0.39 is 16.0 Å². The quantitative estimate of drug-likeness (QED) is 0.617. The van der Waals surface area contributed by atoms with Gasteiger partial charge in [-0.15, -0.1) is 0 Å². The Hall–Kier alpha value is -1.31. The molecule has 8 heteroatoms. The highest BCUT2D eigenvalue weighted by Crippen LogP contribution is 2.22. The number of hydrogen-bond acceptors (Lipinski definition) is 5. The largest absolute Gasteiger partial charge is 0.469 e. The summed E-state index contributed by atoms with van der Waals surface area (Å²) in [6.45, 7) is -0.0685. The summed E-state index contributed by atoms with van der Waals surface area (Å²) in [5, 5.41) is 0.262. The SMILES string of the molecule is COC(=O)CCNS(=O)(=O)c1cc(Cl)ccc1N. The van der Waals surface area contributed by atoms with Crippen LogP contribution in [0.4, 0.5) is 5.69 Å². The molecule has 1 rings (SSSR count). The van der Waals surface area contributed by atoms with Gasteiger partial charge >= 0.3 is 5.97 Å². The molecule has 0 fully saturated rings. The average Bonchev–Trinajstić information content (AvgIpc) is 2.31. The Morgan fingerprint density at radius 3 is 2.78 bits per heavy atom. The molecular formula is C10H13ClN2O4S. The van der Waals surface area contributed by atoms with Gasteiger partial charge < -0.3 is 10.5 Å². The molecule has 0 atom stereocenters. The fourth-order valence-corrected chi connectivity index (χ4v) is 2.63. The van der Waals surface area contributed by atoms with E-state index in [0.29, 0.717) is 0 Å². The number of ether oxygens (including phenoxy) is 1. The minimum atomic E-state index is -3.78. The van der Waals surface area contributed by atoms with Crippen LogP contribution in [0.5, 0.6) is 0 Å². The zero-order valence-corrected chi connectivity index (χ0v) is 11.2. The molecule has 0 aliphatic rings. The van der Waals surface area contributed by atoms with Crippen molar-refractivity contribution in [3.8, 4) is 0 Å². The molecule has 100 valence electrons. The van der Waals surface area contributed by atoms with Crippen molar-refractivity contribution < 1.29 is 17.9 Å². The molecule has 1 aromatic rings. The highest BCUT2D eigenvalue weighted by Gasteiger charge is 2.17. The van der Waals surface area contributed by atoms with Gasteiger partial charge in [0.25, 0.3) is 0 Å². The number of hydrogen-bond donors (Lipinski definition) is 2. The highest BCUT2D eigenvalue weighted by molar-refractivity contribution is 7.89. The molecule has 0 aliphatic carbocycles. The maximum Gasteiger partial charge on any atom is 0.306 e. The molecular weight excluding hydrogens is 280 g/mol. The first kappa shape index (κ1) is 14.7. The number of sulfonamides is 1. The summed E-state index contributed by atoms with van der Waals surface area (Å²) >= 11 is 5.71. The summed E-state index contributed by atoms with van der Waals surface area (Å²) in [4.78, 5) is 10.7. The third kappa shape index (κ3) is 3.86. The number of nitrogens with one attached hydrogen (secondary N) is 1. The van der Waals surface area contributed by atoms with Crippen LogP contribution in [0.25, 0.3) is 0 Å². The zero-order valence-electron chi connectivity index (χ0n) is 9.64. The van der Waals surface area contributed by atoms with E-state index in [9.17, 15) is 13.2 Å². The number of carbonyl (C=O) groups is 1. The van der Waals surface area contributed by atoms with E-state index in [1.165, 1.54) is 25.3 Å².